The van der Waals surface area contributed by atoms with Gasteiger partial charge in [0.2, 0.25) is 15.9 Å². The number of methoxy groups -OCH3 is 1. The van der Waals surface area contributed by atoms with Crippen LogP contribution in [0.1, 0.15) is 36.0 Å². The number of aryl methyl sites for hydroxylation is 1. The van der Waals surface area contributed by atoms with Crippen LogP contribution in [0.25, 0.3) is 11.0 Å². The van der Waals surface area contributed by atoms with Crippen LogP contribution in [0.2, 0.25) is 5.02 Å². The SMILES string of the molecule is COC(=O)CC(c1ccc(Cl)c(CN(C)S(=O)(=O)c2cccc(NC(C)=O)c2)c1)c1ccc2c(c1)nnn2C. The average Bonchev–Trinajstić information content (AvgIpc) is 3.28. The summed E-state index contributed by atoms with van der Waals surface area (Å²) >= 11 is 6.50. The van der Waals surface area contributed by atoms with Crippen molar-refractivity contribution in [1.29, 1.82) is 0 Å². The van der Waals surface area contributed by atoms with Gasteiger partial charge in [-0.25, -0.2) is 13.1 Å². The second-order valence-corrected chi connectivity index (χ2v) is 11.6. The van der Waals surface area contributed by atoms with Crippen molar-refractivity contribution in [1.82, 2.24) is 19.3 Å². The molecule has 0 spiro atoms. The maximum Gasteiger partial charge on any atom is 0.306 e. The summed E-state index contributed by atoms with van der Waals surface area (Å²) in [5.74, 6) is -1.09. The first-order chi connectivity index (χ1) is 18.5. The smallest absolute Gasteiger partial charge is 0.306 e. The van der Waals surface area contributed by atoms with Gasteiger partial charge in [-0.2, -0.15) is 4.31 Å². The second kappa shape index (κ2) is 11.5. The number of anilines is 1. The van der Waals surface area contributed by atoms with Crippen molar-refractivity contribution in [2.75, 3.05) is 19.5 Å². The number of nitrogens with one attached hydrogen (secondary N) is 1. The average molecular weight is 570 g/mol. The highest BCUT2D eigenvalue weighted by Gasteiger charge is 2.25. The lowest BCUT2D eigenvalue weighted by Gasteiger charge is -2.21. The third kappa shape index (κ3) is 6.27. The number of carbonyl (C=O) groups is 2. The number of nitrogens with zero attached hydrogens (tertiary/aromatic N) is 4. The molecule has 10 nitrogen and oxygen atoms in total. The molecule has 4 aromatic rings. The Hall–Kier alpha value is -3.80. The van der Waals surface area contributed by atoms with E-state index in [1.54, 1.807) is 36.0 Å². The Kier molecular flexibility index (Phi) is 8.34. The molecular weight excluding hydrogens is 542 g/mol. The summed E-state index contributed by atoms with van der Waals surface area (Å²) in [7, 11) is 0.676. The van der Waals surface area contributed by atoms with Gasteiger partial charge in [0.15, 0.2) is 0 Å². The predicted molar refractivity (Wildman–Crippen MR) is 148 cm³/mol. The molecule has 12 heteroatoms. The zero-order valence-electron chi connectivity index (χ0n) is 21.9. The number of fused-ring (bicyclic) bond motifs is 1. The lowest BCUT2D eigenvalue weighted by atomic mass is 9.87. The van der Waals surface area contributed by atoms with Crippen LogP contribution >= 0.6 is 11.6 Å². The second-order valence-electron chi connectivity index (χ2n) is 9.11. The molecule has 0 aliphatic carbocycles. The molecule has 204 valence electrons. The van der Waals surface area contributed by atoms with Crippen LogP contribution in [-0.2, 0) is 37.9 Å². The lowest BCUT2D eigenvalue weighted by Crippen LogP contribution is -2.27. The zero-order chi connectivity index (χ0) is 28.3. The van der Waals surface area contributed by atoms with Crippen LogP contribution in [0.3, 0.4) is 0 Å². The van der Waals surface area contributed by atoms with Crippen LogP contribution < -0.4 is 5.32 Å². The van der Waals surface area contributed by atoms with Crippen LogP contribution in [0.5, 0.6) is 0 Å². The van der Waals surface area contributed by atoms with Gasteiger partial charge in [0.25, 0.3) is 0 Å². The molecule has 1 atom stereocenters. The quantitative estimate of drug-likeness (QED) is 0.301. The molecule has 0 radical (unpaired) electrons. The van der Waals surface area contributed by atoms with Crippen molar-refractivity contribution in [3.05, 3.63) is 82.4 Å². The Labute approximate surface area is 231 Å². The number of aromatic nitrogens is 3. The van der Waals surface area contributed by atoms with Crippen molar-refractivity contribution in [2.45, 2.75) is 30.7 Å². The Bertz CT molecular complexity index is 1650. The van der Waals surface area contributed by atoms with Gasteiger partial charge in [-0.1, -0.05) is 41.1 Å². The van der Waals surface area contributed by atoms with E-state index in [9.17, 15) is 18.0 Å². The molecule has 0 bridgehead atoms. The minimum Gasteiger partial charge on any atom is -0.469 e. The highest BCUT2D eigenvalue weighted by molar-refractivity contribution is 7.89. The number of carbonyl (C=O) groups excluding carboxylic acids is 2. The van der Waals surface area contributed by atoms with Crippen molar-refractivity contribution in [3.8, 4) is 0 Å². The molecule has 1 unspecified atom stereocenters. The van der Waals surface area contributed by atoms with E-state index in [-0.39, 0.29) is 23.8 Å². The van der Waals surface area contributed by atoms with E-state index in [1.807, 2.05) is 24.3 Å². The van der Waals surface area contributed by atoms with E-state index in [1.165, 1.54) is 37.5 Å². The molecule has 0 aliphatic heterocycles. The maximum atomic E-state index is 13.3. The number of sulfonamides is 1. The van der Waals surface area contributed by atoms with E-state index >= 15 is 0 Å². The highest BCUT2D eigenvalue weighted by atomic mass is 35.5. The van der Waals surface area contributed by atoms with Gasteiger partial charge in [0, 0.05) is 44.2 Å². The molecule has 0 saturated heterocycles. The first kappa shape index (κ1) is 28.2. The van der Waals surface area contributed by atoms with Gasteiger partial charge in [-0.3, -0.25) is 9.59 Å². The fourth-order valence-corrected chi connectivity index (χ4v) is 5.70. The fourth-order valence-electron chi connectivity index (χ4n) is 4.33. The van der Waals surface area contributed by atoms with E-state index in [0.29, 0.717) is 21.8 Å². The molecule has 1 aromatic heterocycles. The van der Waals surface area contributed by atoms with E-state index in [0.717, 1.165) is 16.6 Å². The number of benzene rings is 3. The van der Waals surface area contributed by atoms with Crippen LogP contribution in [0.4, 0.5) is 5.69 Å². The molecule has 4 rings (SSSR count). The Morgan fingerprint density at radius 3 is 2.54 bits per heavy atom. The standard InChI is InChI=1S/C27H28ClN5O5S/c1-17(34)29-21-6-5-7-22(14-21)39(36,37)32(2)16-20-12-18(8-10-24(20)28)23(15-27(35)38-4)19-9-11-26-25(13-19)30-31-33(26)3/h5-14,23H,15-16H2,1-4H3,(H,29,34). The number of hydrogen-bond donors (Lipinski definition) is 1. The van der Waals surface area contributed by atoms with Crippen LogP contribution in [0.15, 0.2) is 65.6 Å². The third-order valence-corrected chi connectivity index (χ3v) is 8.53. The lowest BCUT2D eigenvalue weighted by molar-refractivity contribution is -0.140. The summed E-state index contributed by atoms with van der Waals surface area (Å²) in [4.78, 5) is 23.8. The van der Waals surface area contributed by atoms with Gasteiger partial charge < -0.3 is 10.1 Å². The van der Waals surface area contributed by atoms with Crippen molar-refractivity contribution in [2.24, 2.45) is 7.05 Å². The van der Waals surface area contributed by atoms with Crippen molar-refractivity contribution >= 4 is 50.2 Å². The molecular formula is C27H28ClN5O5S. The molecule has 0 saturated carbocycles. The first-order valence-corrected chi connectivity index (χ1v) is 13.8. The van der Waals surface area contributed by atoms with Gasteiger partial charge >= 0.3 is 5.97 Å². The monoisotopic (exact) mass is 569 g/mol. The molecule has 39 heavy (non-hydrogen) atoms. The fraction of sp³-hybridized carbons (Fsp3) is 0.259. The zero-order valence-corrected chi connectivity index (χ0v) is 23.5. The molecule has 1 amide bonds. The summed E-state index contributed by atoms with van der Waals surface area (Å²) in [5, 5.41) is 11.2. The topological polar surface area (TPSA) is 123 Å². The molecule has 0 aliphatic rings. The number of hydrogen-bond acceptors (Lipinski definition) is 7. The van der Waals surface area contributed by atoms with Crippen molar-refractivity contribution in [3.63, 3.8) is 0 Å². The van der Waals surface area contributed by atoms with E-state index < -0.39 is 21.9 Å². The minimum atomic E-state index is -3.91. The molecule has 1 heterocycles. The van der Waals surface area contributed by atoms with Crippen LogP contribution in [0, 0.1) is 0 Å². The van der Waals surface area contributed by atoms with Gasteiger partial charge in [0.05, 0.1) is 23.9 Å². The number of amides is 1. The maximum absolute atomic E-state index is 13.3. The summed E-state index contributed by atoms with van der Waals surface area (Å²) in [6.45, 7) is 1.33. The van der Waals surface area contributed by atoms with Gasteiger partial charge in [0.1, 0.15) is 5.52 Å². The summed E-state index contributed by atoms with van der Waals surface area (Å²) in [6, 6.07) is 17.0. The summed E-state index contributed by atoms with van der Waals surface area (Å²) < 4.78 is 34.5. The third-order valence-electron chi connectivity index (χ3n) is 6.36. The molecule has 3 aromatic carbocycles. The molecule has 1 N–H and O–H groups in total. The van der Waals surface area contributed by atoms with Crippen LogP contribution in [-0.4, -0.2) is 53.8 Å². The van der Waals surface area contributed by atoms with E-state index in [2.05, 4.69) is 15.6 Å². The largest absolute Gasteiger partial charge is 0.469 e. The van der Waals surface area contributed by atoms with E-state index in [4.69, 9.17) is 16.3 Å². The summed E-state index contributed by atoms with van der Waals surface area (Å²) in [5.41, 5.74) is 4.07. The Morgan fingerprint density at radius 2 is 1.82 bits per heavy atom. The molecule has 0 fully saturated rings. The number of rotatable bonds is 9. The predicted octanol–water partition coefficient (Wildman–Crippen LogP) is 4.10. The highest BCUT2D eigenvalue weighted by Crippen LogP contribution is 2.33. The van der Waals surface area contributed by atoms with Gasteiger partial charge in [-0.05, 0) is 53.1 Å². The number of esters is 1. The number of ether oxygens (including phenoxy) is 1. The number of halogens is 1. The summed E-state index contributed by atoms with van der Waals surface area (Å²) in [6.07, 6.45) is 0.0629. The Morgan fingerprint density at radius 1 is 1.10 bits per heavy atom. The Balaban J connectivity index is 1.67. The first-order valence-electron chi connectivity index (χ1n) is 12.0. The normalized spacial score (nSPS) is 12.5. The van der Waals surface area contributed by atoms with Gasteiger partial charge in [-0.15, -0.1) is 5.10 Å². The van der Waals surface area contributed by atoms with Crippen molar-refractivity contribution < 1.29 is 22.7 Å². The minimum absolute atomic E-state index is 0.0203.